The van der Waals surface area contributed by atoms with Gasteiger partial charge < -0.3 is 9.15 Å². The Morgan fingerprint density at radius 1 is 1.08 bits per heavy atom. The SMILES string of the molecule is Cc1ccc(C)c(OCCCCn2c(=O)oc(=O)c3cc(Br)ccc32)c1. The van der Waals surface area contributed by atoms with Crippen molar-refractivity contribution in [3.63, 3.8) is 0 Å². The molecule has 6 heteroatoms. The third-order valence-corrected chi connectivity index (χ3v) is 4.74. The van der Waals surface area contributed by atoms with Gasteiger partial charge in [-0.25, -0.2) is 9.59 Å². The molecule has 136 valence electrons. The van der Waals surface area contributed by atoms with E-state index in [1.54, 1.807) is 18.2 Å². The summed E-state index contributed by atoms with van der Waals surface area (Å²) in [5.41, 5.74) is 2.24. The summed E-state index contributed by atoms with van der Waals surface area (Å²) in [6.07, 6.45) is 1.53. The molecule has 0 amide bonds. The molecule has 5 nitrogen and oxygen atoms in total. The van der Waals surface area contributed by atoms with Crippen molar-refractivity contribution in [2.24, 2.45) is 0 Å². The largest absolute Gasteiger partial charge is 0.493 e. The Morgan fingerprint density at radius 3 is 2.69 bits per heavy atom. The molecule has 0 N–H and O–H groups in total. The first-order valence-electron chi connectivity index (χ1n) is 8.49. The first-order valence-corrected chi connectivity index (χ1v) is 9.28. The number of halogens is 1. The molecule has 3 aromatic rings. The van der Waals surface area contributed by atoms with Crippen LogP contribution >= 0.6 is 15.9 Å². The Morgan fingerprint density at radius 2 is 1.88 bits per heavy atom. The molecule has 0 bridgehead atoms. The second kappa shape index (κ2) is 7.91. The molecule has 0 atom stereocenters. The molecule has 1 heterocycles. The van der Waals surface area contributed by atoms with Gasteiger partial charge in [0.1, 0.15) is 5.75 Å². The van der Waals surface area contributed by atoms with Crippen LogP contribution < -0.4 is 16.1 Å². The van der Waals surface area contributed by atoms with E-state index in [0.717, 1.165) is 34.2 Å². The van der Waals surface area contributed by atoms with Gasteiger partial charge in [0.15, 0.2) is 0 Å². The summed E-state index contributed by atoms with van der Waals surface area (Å²) >= 11 is 3.33. The van der Waals surface area contributed by atoms with Crippen LogP contribution in [0.2, 0.25) is 0 Å². The van der Waals surface area contributed by atoms with Crippen LogP contribution in [-0.2, 0) is 6.54 Å². The number of aromatic nitrogens is 1. The van der Waals surface area contributed by atoms with Crippen molar-refractivity contribution in [2.45, 2.75) is 33.2 Å². The lowest BCUT2D eigenvalue weighted by atomic mass is 10.1. The third kappa shape index (κ3) is 4.07. The number of hydrogen-bond acceptors (Lipinski definition) is 4. The van der Waals surface area contributed by atoms with E-state index < -0.39 is 11.4 Å². The lowest BCUT2D eigenvalue weighted by Crippen LogP contribution is -2.25. The molecule has 1 aromatic heterocycles. The molecule has 0 saturated carbocycles. The first-order chi connectivity index (χ1) is 12.5. The van der Waals surface area contributed by atoms with Crippen molar-refractivity contribution in [1.29, 1.82) is 0 Å². The highest BCUT2D eigenvalue weighted by Crippen LogP contribution is 2.20. The van der Waals surface area contributed by atoms with E-state index in [0.29, 0.717) is 24.1 Å². The quantitative estimate of drug-likeness (QED) is 0.564. The molecular weight excluding hydrogens is 398 g/mol. The van der Waals surface area contributed by atoms with Crippen LogP contribution in [0.1, 0.15) is 24.0 Å². The fourth-order valence-electron chi connectivity index (χ4n) is 2.82. The molecule has 0 saturated heterocycles. The van der Waals surface area contributed by atoms with E-state index in [1.807, 2.05) is 26.0 Å². The number of aryl methyl sites for hydroxylation is 3. The summed E-state index contributed by atoms with van der Waals surface area (Å²) in [5.74, 6) is 0.267. The molecule has 0 unspecified atom stereocenters. The van der Waals surface area contributed by atoms with Gasteiger partial charge in [0.05, 0.1) is 17.5 Å². The summed E-state index contributed by atoms with van der Waals surface area (Å²) < 4.78 is 12.9. The van der Waals surface area contributed by atoms with Crippen molar-refractivity contribution in [3.05, 3.63) is 73.0 Å². The fourth-order valence-corrected chi connectivity index (χ4v) is 3.18. The van der Waals surface area contributed by atoms with Crippen LogP contribution in [0.3, 0.4) is 0 Å². The first kappa shape index (κ1) is 18.5. The lowest BCUT2D eigenvalue weighted by Gasteiger charge is -2.11. The van der Waals surface area contributed by atoms with Gasteiger partial charge in [-0.2, -0.15) is 0 Å². The van der Waals surface area contributed by atoms with Crippen LogP contribution in [0.5, 0.6) is 5.75 Å². The number of hydrogen-bond donors (Lipinski definition) is 0. The van der Waals surface area contributed by atoms with Crippen molar-refractivity contribution in [2.75, 3.05) is 6.61 Å². The van der Waals surface area contributed by atoms with Crippen LogP contribution in [0.15, 0.2) is 54.9 Å². The number of rotatable bonds is 6. The molecule has 0 fully saturated rings. The zero-order chi connectivity index (χ0) is 18.7. The van der Waals surface area contributed by atoms with E-state index in [1.165, 1.54) is 4.57 Å². The number of benzene rings is 2. The molecule has 0 spiro atoms. The smallest absolute Gasteiger partial charge is 0.422 e. The third-order valence-electron chi connectivity index (χ3n) is 4.25. The van der Waals surface area contributed by atoms with Crippen LogP contribution in [0.25, 0.3) is 10.9 Å². The number of ether oxygens (including phenoxy) is 1. The van der Waals surface area contributed by atoms with Crippen molar-refractivity contribution < 1.29 is 9.15 Å². The van der Waals surface area contributed by atoms with Crippen LogP contribution in [0, 0.1) is 13.8 Å². The summed E-state index contributed by atoms with van der Waals surface area (Å²) in [4.78, 5) is 23.9. The molecule has 2 aromatic carbocycles. The molecule has 0 radical (unpaired) electrons. The summed E-state index contributed by atoms with van der Waals surface area (Å²) in [5, 5.41) is 0.394. The maximum absolute atomic E-state index is 12.1. The Kier molecular flexibility index (Phi) is 5.61. The normalized spacial score (nSPS) is 11.0. The highest BCUT2D eigenvalue weighted by molar-refractivity contribution is 9.10. The maximum Gasteiger partial charge on any atom is 0.422 e. The van der Waals surface area contributed by atoms with Crippen molar-refractivity contribution in [3.8, 4) is 5.75 Å². The highest BCUT2D eigenvalue weighted by atomic mass is 79.9. The molecule has 0 aliphatic rings. The van der Waals surface area contributed by atoms with Gasteiger partial charge in [-0.15, -0.1) is 0 Å². The topological polar surface area (TPSA) is 61.4 Å². The number of unbranched alkanes of at least 4 members (excludes halogenated alkanes) is 1. The Balaban J connectivity index is 1.66. The highest BCUT2D eigenvalue weighted by Gasteiger charge is 2.09. The van der Waals surface area contributed by atoms with Gasteiger partial charge in [0.2, 0.25) is 0 Å². The van der Waals surface area contributed by atoms with Crippen LogP contribution in [0.4, 0.5) is 0 Å². The maximum atomic E-state index is 12.1. The minimum Gasteiger partial charge on any atom is -0.493 e. The predicted molar refractivity (Wildman–Crippen MR) is 105 cm³/mol. The van der Waals surface area contributed by atoms with E-state index in [4.69, 9.17) is 9.15 Å². The minimum atomic E-state index is -0.625. The number of nitrogens with zero attached hydrogens (tertiary/aromatic N) is 1. The Hall–Kier alpha value is -2.34. The zero-order valence-electron chi connectivity index (χ0n) is 14.8. The average Bonchev–Trinajstić information content (AvgIpc) is 2.60. The second-order valence-corrected chi connectivity index (χ2v) is 7.21. The Bertz CT molecular complexity index is 1050. The van der Waals surface area contributed by atoms with Gasteiger partial charge >= 0.3 is 11.4 Å². The van der Waals surface area contributed by atoms with Gasteiger partial charge in [0.25, 0.3) is 0 Å². The van der Waals surface area contributed by atoms with E-state index in [-0.39, 0.29) is 0 Å². The minimum absolute atomic E-state index is 0.394. The summed E-state index contributed by atoms with van der Waals surface area (Å²) in [6, 6.07) is 11.4. The summed E-state index contributed by atoms with van der Waals surface area (Å²) in [7, 11) is 0. The van der Waals surface area contributed by atoms with E-state index in [2.05, 4.69) is 22.0 Å². The second-order valence-electron chi connectivity index (χ2n) is 6.29. The Labute approximate surface area is 159 Å². The molecule has 0 aliphatic carbocycles. The molecule has 3 rings (SSSR count). The average molecular weight is 418 g/mol. The van der Waals surface area contributed by atoms with Gasteiger partial charge in [0, 0.05) is 11.0 Å². The lowest BCUT2D eigenvalue weighted by molar-refractivity contribution is 0.299. The van der Waals surface area contributed by atoms with Crippen molar-refractivity contribution >= 4 is 26.8 Å². The van der Waals surface area contributed by atoms with Gasteiger partial charge in [-0.05, 0) is 62.1 Å². The molecule has 26 heavy (non-hydrogen) atoms. The summed E-state index contributed by atoms with van der Waals surface area (Å²) in [6.45, 7) is 5.09. The molecular formula is C20H20BrNO4. The van der Waals surface area contributed by atoms with Gasteiger partial charge in [-0.1, -0.05) is 28.1 Å². The predicted octanol–water partition coefficient (Wildman–Crippen LogP) is 4.19. The zero-order valence-corrected chi connectivity index (χ0v) is 16.3. The molecule has 0 aliphatic heterocycles. The van der Waals surface area contributed by atoms with Gasteiger partial charge in [-0.3, -0.25) is 4.57 Å². The van der Waals surface area contributed by atoms with E-state index >= 15 is 0 Å². The standard InChI is InChI=1S/C20H20BrNO4/c1-13-5-6-14(2)18(11-13)25-10-4-3-9-22-17-8-7-15(21)12-16(17)19(23)26-20(22)24/h5-8,11-12H,3-4,9-10H2,1-2H3. The van der Waals surface area contributed by atoms with Crippen molar-refractivity contribution in [1.82, 2.24) is 4.57 Å². The fraction of sp³-hybridized carbons (Fsp3) is 0.300. The van der Waals surface area contributed by atoms with Crippen LogP contribution in [-0.4, -0.2) is 11.2 Å². The number of fused-ring (bicyclic) bond motifs is 1. The van der Waals surface area contributed by atoms with E-state index in [9.17, 15) is 9.59 Å². The monoisotopic (exact) mass is 417 g/mol.